The van der Waals surface area contributed by atoms with Crippen molar-refractivity contribution < 1.29 is 9.90 Å². The summed E-state index contributed by atoms with van der Waals surface area (Å²) in [6, 6.07) is 20.5. The normalized spacial score (nSPS) is 20.3. The summed E-state index contributed by atoms with van der Waals surface area (Å²) in [6.07, 6.45) is 3.27. The van der Waals surface area contributed by atoms with E-state index >= 15 is 0 Å². The third kappa shape index (κ3) is 5.41. The van der Waals surface area contributed by atoms with Gasteiger partial charge in [0.1, 0.15) is 0 Å². The molecule has 1 aliphatic rings. The molecule has 1 amide bonds. The molecule has 144 valence electrons. The van der Waals surface area contributed by atoms with E-state index in [-0.39, 0.29) is 5.91 Å². The van der Waals surface area contributed by atoms with Crippen molar-refractivity contribution in [1.29, 1.82) is 0 Å². The zero-order valence-corrected chi connectivity index (χ0v) is 16.2. The van der Waals surface area contributed by atoms with Crippen LogP contribution in [-0.2, 0) is 17.8 Å². The van der Waals surface area contributed by atoms with Crippen LogP contribution in [0.25, 0.3) is 0 Å². The highest BCUT2D eigenvalue weighted by Crippen LogP contribution is 2.24. The molecule has 2 aromatic carbocycles. The number of likely N-dealkylation sites (tertiary alicyclic amines) is 1. The molecule has 0 spiro atoms. The van der Waals surface area contributed by atoms with Gasteiger partial charge in [-0.1, -0.05) is 60.7 Å². The molecule has 0 bridgehead atoms. The van der Waals surface area contributed by atoms with Gasteiger partial charge >= 0.3 is 0 Å². The zero-order valence-electron chi connectivity index (χ0n) is 16.2. The average molecular weight is 367 g/mol. The highest BCUT2D eigenvalue weighted by molar-refractivity contribution is 5.86. The first kappa shape index (κ1) is 19.6. The number of piperidine rings is 1. The molecular formula is C23H30N2O2. The monoisotopic (exact) mass is 366 g/mol. The Bertz CT molecular complexity index is 720. The highest BCUT2D eigenvalue weighted by atomic mass is 16.3. The first-order valence-corrected chi connectivity index (χ1v) is 9.85. The Morgan fingerprint density at radius 1 is 1.04 bits per heavy atom. The van der Waals surface area contributed by atoms with Crippen LogP contribution in [0, 0.1) is 0 Å². The van der Waals surface area contributed by atoms with E-state index in [4.69, 9.17) is 0 Å². The number of hydrogen-bond acceptors (Lipinski definition) is 3. The second-order valence-corrected chi connectivity index (χ2v) is 7.67. The van der Waals surface area contributed by atoms with Crippen LogP contribution in [0.1, 0.15) is 30.4 Å². The van der Waals surface area contributed by atoms with Crippen molar-refractivity contribution >= 4 is 5.91 Å². The number of nitrogens with zero attached hydrogens (tertiary/aromatic N) is 2. The van der Waals surface area contributed by atoms with Gasteiger partial charge < -0.3 is 10.0 Å². The summed E-state index contributed by atoms with van der Waals surface area (Å²) in [7, 11) is 1.96. The van der Waals surface area contributed by atoms with Gasteiger partial charge in [-0.15, -0.1) is 0 Å². The van der Waals surface area contributed by atoms with E-state index in [1.807, 2.05) is 53.2 Å². The number of benzene rings is 2. The summed E-state index contributed by atoms with van der Waals surface area (Å²) in [5.74, 6) is -0.110. The Morgan fingerprint density at radius 3 is 2.33 bits per heavy atom. The van der Waals surface area contributed by atoms with Gasteiger partial charge in [0.25, 0.3) is 5.91 Å². The molecular weight excluding hydrogens is 336 g/mol. The van der Waals surface area contributed by atoms with Crippen LogP contribution in [0.3, 0.4) is 0 Å². The third-order valence-corrected chi connectivity index (χ3v) is 5.27. The van der Waals surface area contributed by atoms with E-state index in [1.54, 1.807) is 0 Å². The molecule has 0 unspecified atom stereocenters. The molecule has 1 saturated heterocycles. The number of rotatable bonds is 8. The van der Waals surface area contributed by atoms with Gasteiger partial charge in [-0.2, -0.15) is 0 Å². The number of aryl methyl sites for hydroxylation is 1. The Hall–Kier alpha value is -2.17. The lowest BCUT2D eigenvalue weighted by molar-refractivity contribution is -0.159. The van der Waals surface area contributed by atoms with Crippen LogP contribution in [0.4, 0.5) is 0 Å². The summed E-state index contributed by atoms with van der Waals surface area (Å²) < 4.78 is 0. The van der Waals surface area contributed by atoms with Crippen LogP contribution < -0.4 is 0 Å². The number of carbonyl (C=O) groups is 1. The first-order valence-electron chi connectivity index (χ1n) is 9.85. The standard InChI is InChI=1S/C23H30N2O2/c1-24(18-21-12-6-3-7-13-21)19-23(27)15-9-17-25(22(23)26)16-8-14-20-10-4-2-5-11-20/h2-7,10-13,27H,8-9,14-19H2,1H3/t23-/m0/s1. The van der Waals surface area contributed by atoms with E-state index in [2.05, 4.69) is 24.3 Å². The van der Waals surface area contributed by atoms with Crippen molar-refractivity contribution in [1.82, 2.24) is 9.80 Å². The summed E-state index contributed by atoms with van der Waals surface area (Å²) in [5, 5.41) is 11.0. The lowest BCUT2D eigenvalue weighted by Crippen LogP contribution is -2.58. The average Bonchev–Trinajstić information content (AvgIpc) is 2.67. The molecule has 0 aliphatic carbocycles. The first-order chi connectivity index (χ1) is 13.1. The van der Waals surface area contributed by atoms with E-state index in [0.717, 1.165) is 32.4 Å². The predicted octanol–water partition coefficient (Wildman–Crippen LogP) is 3.10. The van der Waals surface area contributed by atoms with Crippen LogP contribution in [0.15, 0.2) is 60.7 Å². The number of amides is 1. The van der Waals surface area contributed by atoms with Crippen molar-refractivity contribution in [2.45, 2.75) is 37.8 Å². The van der Waals surface area contributed by atoms with Gasteiger partial charge in [0.15, 0.2) is 5.60 Å². The smallest absolute Gasteiger partial charge is 0.255 e. The van der Waals surface area contributed by atoms with E-state index < -0.39 is 5.60 Å². The number of hydrogen-bond donors (Lipinski definition) is 1. The van der Waals surface area contributed by atoms with E-state index in [1.165, 1.54) is 11.1 Å². The minimum absolute atomic E-state index is 0.110. The molecule has 0 radical (unpaired) electrons. The van der Waals surface area contributed by atoms with E-state index in [9.17, 15) is 9.90 Å². The van der Waals surface area contributed by atoms with Crippen molar-refractivity contribution in [3.63, 3.8) is 0 Å². The fraction of sp³-hybridized carbons (Fsp3) is 0.435. The molecule has 3 rings (SSSR count). The highest BCUT2D eigenvalue weighted by Gasteiger charge is 2.42. The molecule has 1 fully saturated rings. The largest absolute Gasteiger partial charge is 0.379 e. The SMILES string of the molecule is CN(Cc1ccccc1)C[C@@]1(O)CCCN(CCCc2ccccc2)C1=O. The molecule has 1 aliphatic heterocycles. The number of aliphatic hydroxyl groups is 1. The minimum Gasteiger partial charge on any atom is -0.379 e. The van der Waals surface area contributed by atoms with Gasteiger partial charge in [0.2, 0.25) is 0 Å². The molecule has 0 saturated carbocycles. The van der Waals surface area contributed by atoms with Crippen molar-refractivity contribution in [2.24, 2.45) is 0 Å². The second-order valence-electron chi connectivity index (χ2n) is 7.67. The minimum atomic E-state index is -1.27. The van der Waals surface area contributed by atoms with Crippen LogP contribution in [-0.4, -0.2) is 53.1 Å². The quantitative estimate of drug-likeness (QED) is 0.781. The summed E-state index contributed by atoms with van der Waals surface area (Å²) in [4.78, 5) is 16.8. The van der Waals surface area contributed by atoms with Crippen LogP contribution in [0.5, 0.6) is 0 Å². The van der Waals surface area contributed by atoms with Gasteiger partial charge in [-0.25, -0.2) is 0 Å². The maximum Gasteiger partial charge on any atom is 0.255 e. The summed E-state index contributed by atoms with van der Waals surface area (Å²) in [5.41, 5.74) is 1.21. The third-order valence-electron chi connectivity index (χ3n) is 5.27. The molecule has 1 N–H and O–H groups in total. The molecule has 1 heterocycles. The van der Waals surface area contributed by atoms with Gasteiger partial charge in [0, 0.05) is 26.2 Å². The maximum atomic E-state index is 12.9. The second kappa shape index (κ2) is 9.16. The number of carbonyl (C=O) groups excluding carboxylic acids is 1. The summed E-state index contributed by atoms with van der Waals surface area (Å²) >= 11 is 0. The zero-order chi connectivity index (χ0) is 19.1. The molecule has 0 aromatic heterocycles. The number of likely N-dealkylation sites (N-methyl/N-ethyl adjacent to an activating group) is 1. The van der Waals surface area contributed by atoms with Crippen LogP contribution >= 0.6 is 0 Å². The van der Waals surface area contributed by atoms with Crippen molar-refractivity contribution in [2.75, 3.05) is 26.7 Å². The Kier molecular flexibility index (Phi) is 6.64. The fourth-order valence-corrected chi connectivity index (χ4v) is 3.94. The lowest BCUT2D eigenvalue weighted by Gasteiger charge is -2.40. The predicted molar refractivity (Wildman–Crippen MR) is 108 cm³/mol. The van der Waals surface area contributed by atoms with Gasteiger partial charge in [0.05, 0.1) is 0 Å². The maximum absolute atomic E-state index is 12.9. The molecule has 4 nitrogen and oxygen atoms in total. The lowest BCUT2D eigenvalue weighted by atomic mass is 9.90. The van der Waals surface area contributed by atoms with Gasteiger partial charge in [-0.05, 0) is 43.9 Å². The Balaban J connectivity index is 1.53. The fourth-order valence-electron chi connectivity index (χ4n) is 3.94. The summed E-state index contributed by atoms with van der Waals surface area (Å²) in [6.45, 7) is 2.55. The Labute approximate surface area is 162 Å². The van der Waals surface area contributed by atoms with Crippen LogP contribution in [0.2, 0.25) is 0 Å². The van der Waals surface area contributed by atoms with Crippen molar-refractivity contribution in [3.05, 3.63) is 71.8 Å². The topological polar surface area (TPSA) is 43.8 Å². The van der Waals surface area contributed by atoms with Crippen molar-refractivity contribution in [3.8, 4) is 0 Å². The Morgan fingerprint density at radius 2 is 1.67 bits per heavy atom. The van der Waals surface area contributed by atoms with Gasteiger partial charge in [-0.3, -0.25) is 9.69 Å². The molecule has 2 aromatic rings. The molecule has 1 atom stereocenters. The molecule has 27 heavy (non-hydrogen) atoms. The van der Waals surface area contributed by atoms with E-state index in [0.29, 0.717) is 19.5 Å². The molecule has 4 heteroatoms.